The Bertz CT molecular complexity index is 817. The van der Waals surface area contributed by atoms with Crippen LogP contribution in [0.1, 0.15) is 17.6 Å². The van der Waals surface area contributed by atoms with Crippen molar-refractivity contribution in [3.8, 4) is 17.4 Å². The van der Waals surface area contributed by atoms with E-state index in [4.69, 9.17) is 13.9 Å². The highest BCUT2D eigenvalue weighted by atomic mass is 16.5. The van der Waals surface area contributed by atoms with Crippen LogP contribution in [0, 0.1) is 13.8 Å². The molecule has 8 heteroatoms. The predicted octanol–water partition coefficient (Wildman–Crippen LogP) is 2.89. The number of hydrogen-bond donors (Lipinski definition) is 1. The van der Waals surface area contributed by atoms with E-state index in [2.05, 4.69) is 25.5 Å². The summed E-state index contributed by atoms with van der Waals surface area (Å²) in [6, 6.07) is 8.97. The van der Waals surface area contributed by atoms with E-state index in [0.717, 1.165) is 5.75 Å². The van der Waals surface area contributed by atoms with Crippen LogP contribution in [0.25, 0.3) is 0 Å². The van der Waals surface area contributed by atoms with Gasteiger partial charge in [-0.1, -0.05) is 0 Å². The van der Waals surface area contributed by atoms with E-state index in [1.807, 2.05) is 24.3 Å². The minimum absolute atomic E-state index is 0.374. The first-order valence-electron chi connectivity index (χ1n) is 7.33. The molecule has 0 amide bonds. The minimum Gasteiger partial charge on any atom is -0.497 e. The number of methoxy groups -OCH3 is 1. The average Bonchev–Trinajstić information content (AvgIpc) is 2.99. The van der Waals surface area contributed by atoms with E-state index in [-0.39, 0.29) is 0 Å². The van der Waals surface area contributed by atoms with Crippen molar-refractivity contribution in [2.24, 2.45) is 0 Å². The van der Waals surface area contributed by atoms with Crippen LogP contribution in [0.4, 0.5) is 5.82 Å². The molecule has 3 rings (SSSR count). The number of nitrogens with zero attached hydrogens (tertiary/aromatic N) is 4. The molecule has 0 aliphatic rings. The van der Waals surface area contributed by atoms with Crippen molar-refractivity contribution in [3.05, 3.63) is 47.9 Å². The van der Waals surface area contributed by atoms with Crippen LogP contribution < -0.4 is 14.8 Å². The highest BCUT2D eigenvalue weighted by Gasteiger charge is 2.07. The summed E-state index contributed by atoms with van der Waals surface area (Å²) >= 11 is 0. The number of hydrogen-bond acceptors (Lipinski definition) is 8. The molecule has 1 aromatic carbocycles. The van der Waals surface area contributed by atoms with Gasteiger partial charge in [-0.05, 0) is 31.2 Å². The topological polar surface area (TPSA) is 95.2 Å². The Hall–Kier alpha value is -3.16. The van der Waals surface area contributed by atoms with E-state index >= 15 is 0 Å². The second kappa shape index (κ2) is 6.95. The van der Waals surface area contributed by atoms with Crippen LogP contribution in [0.2, 0.25) is 0 Å². The van der Waals surface area contributed by atoms with Gasteiger partial charge in [0.25, 0.3) is 0 Å². The second-order valence-corrected chi connectivity index (χ2v) is 4.98. The number of anilines is 1. The number of rotatable bonds is 6. The maximum Gasteiger partial charge on any atom is 0.235 e. The normalized spacial score (nSPS) is 10.5. The Kier molecular flexibility index (Phi) is 4.55. The van der Waals surface area contributed by atoms with Crippen molar-refractivity contribution >= 4 is 5.82 Å². The molecule has 0 unspecified atom stereocenters. The van der Waals surface area contributed by atoms with E-state index in [0.29, 0.717) is 41.6 Å². The highest BCUT2D eigenvalue weighted by Crippen LogP contribution is 2.24. The molecule has 0 aliphatic heterocycles. The van der Waals surface area contributed by atoms with Gasteiger partial charge in [0.15, 0.2) is 0 Å². The SMILES string of the molecule is COc1ccc(Oc2cc(NCc3nnc(C)o3)nc(C)n2)cc1. The standard InChI is InChI=1S/C16H17N5O3/c1-10-18-14(17-9-16-21-20-11(2)23-16)8-15(19-10)24-13-6-4-12(22-3)5-7-13/h4-8H,9H2,1-3H3,(H,17,18,19). The molecular weight excluding hydrogens is 310 g/mol. The molecule has 0 spiro atoms. The van der Waals surface area contributed by atoms with Gasteiger partial charge in [-0.3, -0.25) is 0 Å². The summed E-state index contributed by atoms with van der Waals surface area (Å²) in [6.07, 6.45) is 0. The molecule has 24 heavy (non-hydrogen) atoms. The van der Waals surface area contributed by atoms with Crippen molar-refractivity contribution < 1.29 is 13.9 Å². The molecular formula is C16H17N5O3. The van der Waals surface area contributed by atoms with E-state index in [9.17, 15) is 0 Å². The lowest BCUT2D eigenvalue weighted by Crippen LogP contribution is -2.04. The molecule has 1 N–H and O–H groups in total. The molecule has 0 saturated carbocycles. The fraction of sp³-hybridized carbons (Fsp3) is 0.250. The lowest BCUT2D eigenvalue weighted by molar-refractivity contribution is 0.412. The van der Waals surface area contributed by atoms with Gasteiger partial charge in [-0.25, -0.2) is 4.98 Å². The van der Waals surface area contributed by atoms with Gasteiger partial charge >= 0.3 is 0 Å². The summed E-state index contributed by atoms with van der Waals surface area (Å²) in [5.41, 5.74) is 0. The van der Waals surface area contributed by atoms with Crippen molar-refractivity contribution in [1.29, 1.82) is 0 Å². The van der Waals surface area contributed by atoms with E-state index < -0.39 is 0 Å². The van der Waals surface area contributed by atoms with Crippen molar-refractivity contribution in [2.45, 2.75) is 20.4 Å². The Labute approximate surface area is 138 Å². The van der Waals surface area contributed by atoms with Crippen LogP contribution in [0.15, 0.2) is 34.7 Å². The minimum atomic E-state index is 0.374. The maximum atomic E-state index is 5.76. The quantitative estimate of drug-likeness (QED) is 0.738. The number of ether oxygens (including phenoxy) is 2. The number of benzene rings is 1. The van der Waals surface area contributed by atoms with Crippen LogP contribution in [-0.4, -0.2) is 27.3 Å². The Balaban J connectivity index is 1.70. The van der Waals surface area contributed by atoms with Crippen LogP contribution in [0.5, 0.6) is 17.4 Å². The summed E-state index contributed by atoms with van der Waals surface area (Å²) in [6.45, 7) is 3.91. The molecule has 0 aliphatic carbocycles. The monoisotopic (exact) mass is 327 g/mol. The summed E-state index contributed by atoms with van der Waals surface area (Å²) in [5.74, 6) is 4.07. The first-order chi connectivity index (χ1) is 11.6. The number of nitrogens with one attached hydrogen (secondary N) is 1. The molecule has 0 radical (unpaired) electrons. The fourth-order valence-corrected chi connectivity index (χ4v) is 2.02. The number of aryl methyl sites for hydroxylation is 2. The lowest BCUT2D eigenvalue weighted by Gasteiger charge is -2.09. The third-order valence-electron chi connectivity index (χ3n) is 3.08. The molecule has 0 fully saturated rings. The van der Waals surface area contributed by atoms with Gasteiger partial charge in [0, 0.05) is 13.0 Å². The zero-order chi connectivity index (χ0) is 16.9. The molecule has 0 bridgehead atoms. The van der Waals surface area contributed by atoms with Crippen molar-refractivity contribution in [2.75, 3.05) is 12.4 Å². The molecule has 124 valence electrons. The van der Waals surface area contributed by atoms with Gasteiger partial charge in [-0.15, -0.1) is 10.2 Å². The van der Waals surface area contributed by atoms with Crippen LogP contribution in [0.3, 0.4) is 0 Å². The molecule has 2 heterocycles. The van der Waals surface area contributed by atoms with Gasteiger partial charge in [0.1, 0.15) is 23.1 Å². The Morgan fingerprint density at radius 2 is 1.79 bits per heavy atom. The van der Waals surface area contributed by atoms with E-state index in [1.54, 1.807) is 27.0 Å². The smallest absolute Gasteiger partial charge is 0.235 e. The van der Waals surface area contributed by atoms with Crippen LogP contribution >= 0.6 is 0 Å². The van der Waals surface area contributed by atoms with Crippen molar-refractivity contribution in [1.82, 2.24) is 20.2 Å². The molecule has 8 nitrogen and oxygen atoms in total. The fourth-order valence-electron chi connectivity index (χ4n) is 2.02. The zero-order valence-corrected chi connectivity index (χ0v) is 13.6. The zero-order valence-electron chi connectivity index (χ0n) is 13.6. The average molecular weight is 327 g/mol. The largest absolute Gasteiger partial charge is 0.497 e. The first-order valence-corrected chi connectivity index (χ1v) is 7.33. The molecule has 3 aromatic rings. The second-order valence-electron chi connectivity index (χ2n) is 4.98. The summed E-state index contributed by atoms with van der Waals surface area (Å²) in [4.78, 5) is 8.59. The lowest BCUT2D eigenvalue weighted by atomic mass is 10.3. The third-order valence-corrected chi connectivity index (χ3v) is 3.08. The highest BCUT2D eigenvalue weighted by molar-refractivity contribution is 5.40. The van der Waals surface area contributed by atoms with Gasteiger partial charge in [-0.2, -0.15) is 4.98 Å². The summed E-state index contributed by atoms with van der Waals surface area (Å²) in [5, 5.41) is 10.8. The Morgan fingerprint density at radius 3 is 2.46 bits per heavy atom. The molecule has 0 atom stereocenters. The third kappa shape index (κ3) is 3.97. The number of aromatic nitrogens is 4. The van der Waals surface area contributed by atoms with Crippen LogP contribution in [-0.2, 0) is 6.54 Å². The first kappa shape index (κ1) is 15.7. The van der Waals surface area contributed by atoms with E-state index in [1.165, 1.54) is 0 Å². The van der Waals surface area contributed by atoms with Gasteiger partial charge in [0.05, 0.1) is 13.7 Å². The summed E-state index contributed by atoms with van der Waals surface area (Å²) in [7, 11) is 1.62. The van der Waals surface area contributed by atoms with Crippen molar-refractivity contribution in [3.63, 3.8) is 0 Å². The predicted molar refractivity (Wildman–Crippen MR) is 86.2 cm³/mol. The molecule has 2 aromatic heterocycles. The Morgan fingerprint density at radius 1 is 1.04 bits per heavy atom. The maximum absolute atomic E-state index is 5.76. The van der Waals surface area contributed by atoms with Gasteiger partial charge < -0.3 is 19.2 Å². The molecule has 0 saturated heterocycles. The summed E-state index contributed by atoms with van der Waals surface area (Å²) < 4.78 is 16.2. The van der Waals surface area contributed by atoms with Gasteiger partial charge in [0.2, 0.25) is 17.7 Å².